The molecule has 0 spiro atoms. The number of carbonyl (C=O) groups excluding carboxylic acids is 1. The topological polar surface area (TPSA) is 52.9 Å². The molecule has 0 aliphatic carbocycles. The molecule has 1 atom stereocenters. The van der Waals surface area contributed by atoms with E-state index in [-0.39, 0.29) is 11.9 Å². The molecular formula is C12H22N2O. The third-order valence-corrected chi connectivity index (χ3v) is 2.33. The van der Waals surface area contributed by atoms with E-state index in [9.17, 15) is 4.79 Å². The average Bonchev–Trinajstić information content (AvgIpc) is 2.24. The number of rotatable bonds is 8. The van der Waals surface area contributed by atoms with E-state index in [0.29, 0.717) is 6.42 Å². The summed E-state index contributed by atoms with van der Waals surface area (Å²) >= 11 is 0. The predicted octanol–water partition coefficient (Wildman–Crippen LogP) is 2.77. The first-order valence-corrected chi connectivity index (χ1v) is 5.93. The Morgan fingerprint density at radius 2 is 2.00 bits per heavy atom. The van der Waals surface area contributed by atoms with Gasteiger partial charge in [0, 0.05) is 6.42 Å². The Hall–Kier alpha value is -1.04. The molecule has 0 aliphatic heterocycles. The molecular weight excluding hydrogens is 188 g/mol. The lowest BCUT2D eigenvalue weighted by atomic mass is 10.1. The summed E-state index contributed by atoms with van der Waals surface area (Å²) in [6.07, 6.45) is 6.63. The van der Waals surface area contributed by atoms with Crippen molar-refractivity contribution in [2.45, 2.75) is 64.8 Å². The molecule has 1 N–H and O–H groups in total. The quantitative estimate of drug-likeness (QED) is 0.626. The van der Waals surface area contributed by atoms with Gasteiger partial charge in [0.15, 0.2) is 0 Å². The number of unbranched alkanes of at least 4 members (excludes halogenated alkanes) is 3. The summed E-state index contributed by atoms with van der Waals surface area (Å²) in [6.45, 7) is 4.16. The van der Waals surface area contributed by atoms with Crippen LogP contribution in [0.15, 0.2) is 0 Å². The summed E-state index contributed by atoms with van der Waals surface area (Å²) in [7, 11) is 0. The van der Waals surface area contributed by atoms with Crippen LogP contribution >= 0.6 is 0 Å². The van der Waals surface area contributed by atoms with Crippen molar-refractivity contribution >= 4 is 5.91 Å². The zero-order valence-corrected chi connectivity index (χ0v) is 9.88. The Morgan fingerprint density at radius 1 is 1.27 bits per heavy atom. The van der Waals surface area contributed by atoms with Gasteiger partial charge in [0.25, 0.3) is 0 Å². The minimum absolute atomic E-state index is 0.0195. The highest BCUT2D eigenvalue weighted by Crippen LogP contribution is 2.03. The molecule has 1 amide bonds. The van der Waals surface area contributed by atoms with E-state index in [2.05, 4.69) is 18.3 Å². The van der Waals surface area contributed by atoms with Crippen molar-refractivity contribution in [3.8, 4) is 6.07 Å². The van der Waals surface area contributed by atoms with Gasteiger partial charge in [-0.15, -0.1) is 0 Å². The lowest BCUT2D eigenvalue weighted by Crippen LogP contribution is -2.33. The maximum Gasteiger partial charge on any atom is 0.221 e. The lowest BCUT2D eigenvalue weighted by Gasteiger charge is -2.09. The Labute approximate surface area is 92.9 Å². The summed E-state index contributed by atoms with van der Waals surface area (Å²) in [5, 5.41) is 11.5. The van der Waals surface area contributed by atoms with Gasteiger partial charge in [0.1, 0.15) is 6.04 Å². The second kappa shape index (κ2) is 9.51. The van der Waals surface area contributed by atoms with Gasteiger partial charge in [0.2, 0.25) is 5.91 Å². The van der Waals surface area contributed by atoms with Crippen LogP contribution in [0.1, 0.15) is 58.8 Å². The molecule has 3 heteroatoms. The van der Waals surface area contributed by atoms with Gasteiger partial charge >= 0.3 is 0 Å². The second-order valence-electron chi connectivity index (χ2n) is 3.85. The molecule has 0 rings (SSSR count). The predicted molar refractivity (Wildman–Crippen MR) is 61.2 cm³/mol. The molecule has 0 aliphatic rings. The molecule has 0 saturated heterocycles. The number of nitriles is 1. The van der Waals surface area contributed by atoms with Crippen molar-refractivity contribution in [3.05, 3.63) is 0 Å². The highest BCUT2D eigenvalue weighted by molar-refractivity contribution is 5.76. The van der Waals surface area contributed by atoms with Gasteiger partial charge in [-0.25, -0.2) is 0 Å². The van der Waals surface area contributed by atoms with E-state index < -0.39 is 0 Å². The van der Waals surface area contributed by atoms with E-state index in [1.807, 2.05) is 6.92 Å². The number of nitrogens with zero attached hydrogens (tertiary/aromatic N) is 1. The summed E-state index contributed by atoms with van der Waals surface area (Å²) in [5.41, 5.74) is 0. The Morgan fingerprint density at radius 3 is 2.53 bits per heavy atom. The Balaban J connectivity index is 3.58. The van der Waals surface area contributed by atoms with Crippen molar-refractivity contribution in [1.29, 1.82) is 5.26 Å². The van der Waals surface area contributed by atoms with E-state index in [1.54, 1.807) is 0 Å². The highest BCUT2D eigenvalue weighted by atomic mass is 16.1. The van der Waals surface area contributed by atoms with Crippen LogP contribution in [0, 0.1) is 11.3 Å². The molecule has 15 heavy (non-hydrogen) atoms. The van der Waals surface area contributed by atoms with Crippen molar-refractivity contribution < 1.29 is 4.79 Å². The summed E-state index contributed by atoms with van der Waals surface area (Å²) in [4.78, 5) is 11.4. The molecule has 0 aromatic carbocycles. The molecule has 0 aromatic rings. The van der Waals surface area contributed by atoms with Crippen LogP contribution in [0.4, 0.5) is 0 Å². The Bertz CT molecular complexity index is 208. The standard InChI is InChI=1S/C12H22N2O/c1-3-5-6-7-9-12(15)14-11(10-13)8-4-2/h11H,3-9H2,1-2H3,(H,14,15). The number of nitrogens with one attached hydrogen (secondary N) is 1. The fourth-order valence-corrected chi connectivity index (χ4v) is 1.44. The van der Waals surface area contributed by atoms with Gasteiger partial charge in [-0.2, -0.15) is 5.26 Å². The first kappa shape index (κ1) is 14.0. The summed E-state index contributed by atoms with van der Waals surface area (Å²) in [5.74, 6) is 0.0195. The SMILES string of the molecule is CCCCCCC(=O)NC(C#N)CCC. The zero-order chi connectivity index (χ0) is 11.5. The zero-order valence-electron chi connectivity index (χ0n) is 9.88. The molecule has 0 aromatic heterocycles. The summed E-state index contributed by atoms with van der Waals surface area (Å²) < 4.78 is 0. The van der Waals surface area contributed by atoms with Gasteiger partial charge < -0.3 is 5.32 Å². The van der Waals surface area contributed by atoms with Crippen LogP contribution in [-0.2, 0) is 4.79 Å². The minimum Gasteiger partial charge on any atom is -0.340 e. The van der Waals surface area contributed by atoms with E-state index >= 15 is 0 Å². The fraction of sp³-hybridized carbons (Fsp3) is 0.833. The smallest absolute Gasteiger partial charge is 0.221 e. The number of carbonyl (C=O) groups is 1. The third kappa shape index (κ3) is 7.99. The van der Waals surface area contributed by atoms with Crippen LogP contribution in [-0.4, -0.2) is 11.9 Å². The molecule has 0 radical (unpaired) electrons. The third-order valence-electron chi connectivity index (χ3n) is 2.33. The monoisotopic (exact) mass is 210 g/mol. The van der Waals surface area contributed by atoms with Gasteiger partial charge in [-0.05, 0) is 12.8 Å². The van der Waals surface area contributed by atoms with Gasteiger partial charge in [-0.3, -0.25) is 4.79 Å². The molecule has 0 heterocycles. The maximum absolute atomic E-state index is 11.4. The number of hydrogen-bond acceptors (Lipinski definition) is 2. The fourth-order valence-electron chi connectivity index (χ4n) is 1.44. The number of amides is 1. The maximum atomic E-state index is 11.4. The first-order chi connectivity index (χ1) is 7.24. The molecule has 0 fully saturated rings. The summed E-state index contributed by atoms with van der Waals surface area (Å²) in [6, 6.07) is 1.81. The van der Waals surface area contributed by atoms with Crippen LogP contribution in [0.25, 0.3) is 0 Å². The number of hydrogen-bond donors (Lipinski definition) is 1. The molecule has 0 bridgehead atoms. The van der Waals surface area contributed by atoms with Crippen LogP contribution in [0.5, 0.6) is 0 Å². The van der Waals surface area contributed by atoms with E-state index in [0.717, 1.165) is 25.7 Å². The van der Waals surface area contributed by atoms with Crippen molar-refractivity contribution in [1.82, 2.24) is 5.32 Å². The highest BCUT2D eigenvalue weighted by Gasteiger charge is 2.09. The van der Waals surface area contributed by atoms with E-state index in [4.69, 9.17) is 5.26 Å². The van der Waals surface area contributed by atoms with Crippen molar-refractivity contribution in [2.75, 3.05) is 0 Å². The molecule has 3 nitrogen and oxygen atoms in total. The van der Waals surface area contributed by atoms with Crippen molar-refractivity contribution in [3.63, 3.8) is 0 Å². The van der Waals surface area contributed by atoms with E-state index in [1.165, 1.54) is 12.8 Å². The lowest BCUT2D eigenvalue weighted by molar-refractivity contribution is -0.121. The van der Waals surface area contributed by atoms with Crippen LogP contribution < -0.4 is 5.32 Å². The molecule has 0 saturated carbocycles. The average molecular weight is 210 g/mol. The van der Waals surface area contributed by atoms with Gasteiger partial charge in [0.05, 0.1) is 6.07 Å². The van der Waals surface area contributed by atoms with Crippen molar-refractivity contribution in [2.24, 2.45) is 0 Å². The molecule has 1 unspecified atom stereocenters. The second-order valence-corrected chi connectivity index (χ2v) is 3.85. The van der Waals surface area contributed by atoms with Crippen LogP contribution in [0.2, 0.25) is 0 Å². The molecule has 86 valence electrons. The minimum atomic E-state index is -0.298. The van der Waals surface area contributed by atoms with Gasteiger partial charge in [-0.1, -0.05) is 39.5 Å². The normalized spacial score (nSPS) is 11.8. The largest absolute Gasteiger partial charge is 0.340 e. The Kier molecular flexibility index (Phi) is 8.85. The first-order valence-electron chi connectivity index (χ1n) is 5.93. The van der Waals surface area contributed by atoms with Crippen LogP contribution in [0.3, 0.4) is 0 Å².